The maximum Gasteiger partial charge on any atom is 0.146 e. The van der Waals surface area contributed by atoms with E-state index in [1.54, 1.807) is 12.3 Å². The van der Waals surface area contributed by atoms with Crippen LogP contribution < -0.4 is 5.32 Å². The first kappa shape index (κ1) is 14.4. The lowest BCUT2D eigenvalue weighted by Gasteiger charge is -2.27. The highest BCUT2D eigenvalue weighted by molar-refractivity contribution is 5.12. The molecule has 0 spiro atoms. The van der Waals surface area contributed by atoms with Crippen LogP contribution in [0.4, 0.5) is 4.39 Å². The van der Waals surface area contributed by atoms with Gasteiger partial charge in [0, 0.05) is 6.20 Å². The summed E-state index contributed by atoms with van der Waals surface area (Å²) in [6.45, 7) is 3.06. The zero-order valence-electron chi connectivity index (χ0n) is 11.9. The average Bonchev–Trinajstić information content (AvgIpc) is 2.45. The van der Waals surface area contributed by atoms with Crippen molar-refractivity contribution in [2.24, 2.45) is 5.92 Å². The molecule has 1 aliphatic carbocycles. The van der Waals surface area contributed by atoms with Gasteiger partial charge in [-0.05, 0) is 37.4 Å². The summed E-state index contributed by atoms with van der Waals surface area (Å²) in [6.07, 6.45) is 10.4. The van der Waals surface area contributed by atoms with Crippen molar-refractivity contribution in [3.05, 3.63) is 29.8 Å². The van der Waals surface area contributed by atoms with Crippen LogP contribution in [-0.4, -0.2) is 11.5 Å². The summed E-state index contributed by atoms with van der Waals surface area (Å²) in [6, 6.07) is 3.25. The molecule has 0 radical (unpaired) electrons. The van der Waals surface area contributed by atoms with Gasteiger partial charge in [-0.25, -0.2) is 4.39 Å². The molecule has 1 N–H and O–H groups in total. The van der Waals surface area contributed by atoms with Crippen molar-refractivity contribution in [2.75, 3.05) is 6.54 Å². The molecule has 1 aromatic heterocycles. The fourth-order valence-corrected chi connectivity index (χ4v) is 3.02. The van der Waals surface area contributed by atoms with Gasteiger partial charge in [-0.2, -0.15) is 0 Å². The van der Waals surface area contributed by atoms with E-state index in [1.165, 1.54) is 38.2 Å². The molecule has 0 bridgehead atoms. The van der Waals surface area contributed by atoms with Gasteiger partial charge in [0.2, 0.25) is 0 Å². The van der Waals surface area contributed by atoms with Crippen LogP contribution in [-0.2, 0) is 0 Å². The molecule has 1 fully saturated rings. The lowest BCUT2D eigenvalue weighted by molar-refractivity contribution is 0.294. The number of nitrogens with one attached hydrogen (secondary N) is 1. The predicted octanol–water partition coefficient (Wildman–Crippen LogP) is 4.23. The highest BCUT2D eigenvalue weighted by Gasteiger charge is 2.22. The summed E-state index contributed by atoms with van der Waals surface area (Å²) >= 11 is 0. The number of rotatable bonds is 6. The highest BCUT2D eigenvalue weighted by atomic mass is 19.1. The third-order valence-corrected chi connectivity index (χ3v) is 4.05. The summed E-state index contributed by atoms with van der Waals surface area (Å²) < 4.78 is 13.9. The normalized spacial score (nSPS) is 18.4. The van der Waals surface area contributed by atoms with Gasteiger partial charge in [0.05, 0.1) is 11.7 Å². The van der Waals surface area contributed by atoms with Crippen LogP contribution >= 0.6 is 0 Å². The van der Waals surface area contributed by atoms with Gasteiger partial charge in [-0.3, -0.25) is 4.98 Å². The van der Waals surface area contributed by atoms with Crippen LogP contribution in [0.3, 0.4) is 0 Å². The zero-order chi connectivity index (χ0) is 13.5. The molecule has 1 aliphatic rings. The number of halogens is 1. The summed E-state index contributed by atoms with van der Waals surface area (Å²) in [5.74, 6) is 0.552. The molecule has 1 unspecified atom stereocenters. The lowest BCUT2D eigenvalue weighted by atomic mass is 9.84. The molecule has 19 heavy (non-hydrogen) atoms. The van der Waals surface area contributed by atoms with Crippen molar-refractivity contribution < 1.29 is 4.39 Å². The standard InChI is InChI=1S/C16H25FN2/c1-2-10-18-15(12-13-7-4-3-5-8-13)16-14(17)9-6-11-19-16/h6,9,11,13,15,18H,2-5,7-8,10,12H2,1H3. The molecular weight excluding hydrogens is 239 g/mol. The van der Waals surface area contributed by atoms with Crippen molar-refractivity contribution >= 4 is 0 Å². The minimum atomic E-state index is -0.174. The molecule has 2 nitrogen and oxygen atoms in total. The van der Waals surface area contributed by atoms with Crippen molar-refractivity contribution in [2.45, 2.75) is 57.9 Å². The lowest BCUT2D eigenvalue weighted by Crippen LogP contribution is -2.27. The second-order valence-electron chi connectivity index (χ2n) is 5.62. The average molecular weight is 264 g/mol. The van der Waals surface area contributed by atoms with E-state index in [4.69, 9.17) is 0 Å². The number of nitrogens with zero attached hydrogens (tertiary/aromatic N) is 1. The summed E-state index contributed by atoms with van der Waals surface area (Å²) in [4.78, 5) is 4.26. The van der Waals surface area contributed by atoms with E-state index in [2.05, 4.69) is 17.2 Å². The van der Waals surface area contributed by atoms with Gasteiger partial charge in [0.15, 0.2) is 0 Å². The quantitative estimate of drug-likeness (QED) is 0.831. The Morgan fingerprint density at radius 1 is 1.37 bits per heavy atom. The van der Waals surface area contributed by atoms with Crippen LogP contribution in [0.1, 0.15) is 63.6 Å². The van der Waals surface area contributed by atoms with Crippen molar-refractivity contribution in [1.82, 2.24) is 10.3 Å². The van der Waals surface area contributed by atoms with Crippen LogP contribution in [0, 0.1) is 11.7 Å². The Morgan fingerprint density at radius 2 is 2.16 bits per heavy atom. The smallest absolute Gasteiger partial charge is 0.146 e. The molecule has 1 heterocycles. The van der Waals surface area contributed by atoms with Crippen molar-refractivity contribution in [3.63, 3.8) is 0 Å². The Hall–Kier alpha value is -0.960. The number of aromatic nitrogens is 1. The number of hydrogen-bond acceptors (Lipinski definition) is 2. The van der Waals surface area contributed by atoms with Crippen LogP contribution in [0.2, 0.25) is 0 Å². The maximum atomic E-state index is 13.9. The van der Waals surface area contributed by atoms with E-state index in [9.17, 15) is 4.39 Å². The van der Waals surface area contributed by atoms with Crippen LogP contribution in [0.15, 0.2) is 18.3 Å². The monoisotopic (exact) mass is 264 g/mol. The minimum Gasteiger partial charge on any atom is -0.309 e. The van der Waals surface area contributed by atoms with Crippen molar-refractivity contribution in [3.8, 4) is 0 Å². The van der Waals surface area contributed by atoms with E-state index in [0.717, 1.165) is 25.3 Å². The second kappa shape index (κ2) is 7.59. The molecule has 0 aliphatic heterocycles. The number of hydrogen-bond donors (Lipinski definition) is 1. The summed E-state index contributed by atoms with van der Waals surface area (Å²) in [5.41, 5.74) is 0.599. The van der Waals surface area contributed by atoms with Crippen molar-refractivity contribution in [1.29, 1.82) is 0 Å². The Kier molecular flexibility index (Phi) is 5.77. The Morgan fingerprint density at radius 3 is 2.84 bits per heavy atom. The first-order valence-corrected chi connectivity index (χ1v) is 7.65. The third-order valence-electron chi connectivity index (χ3n) is 4.05. The molecule has 3 heteroatoms. The van der Waals surface area contributed by atoms with Crippen LogP contribution in [0.25, 0.3) is 0 Å². The third kappa shape index (κ3) is 4.27. The molecule has 1 saturated carbocycles. The van der Waals surface area contributed by atoms with Gasteiger partial charge in [0.1, 0.15) is 5.82 Å². The fraction of sp³-hybridized carbons (Fsp3) is 0.688. The van der Waals surface area contributed by atoms with E-state index in [0.29, 0.717) is 5.69 Å². The van der Waals surface area contributed by atoms with E-state index in [-0.39, 0.29) is 11.9 Å². The van der Waals surface area contributed by atoms with Crippen LogP contribution in [0.5, 0.6) is 0 Å². The fourth-order valence-electron chi connectivity index (χ4n) is 3.02. The second-order valence-corrected chi connectivity index (χ2v) is 5.62. The van der Waals surface area contributed by atoms with Gasteiger partial charge in [-0.15, -0.1) is 0 Å². The Bertz CT molecular complexity index is 375. The molecule has 106 valence electrons. The summed E-state index contributed by atoms with van der Waals surface area (Å²) in [7, 11) is 0. The minimum absolute atomic E-state index is 0.0734. The molecule has 0 aromatic carbocycles. The van der Waals surface area contributed by atoms with Gasteiger partial charge < -0.3 is 5.32 Å². The molecule has 0 saturated heterocycles. The highest BCUT2D eigenvalue weighted by Crippen LogP contribution is 2.31. The topological polar surface area (TPSA) is 24.9 Å². The maximum absolute atomic E-state index is 13.9. The number of pyridine rings is 1. The molecule has 0 amide bonds. The Labute approximate surface area is 115 Å². The van der Waals surface area contributed by atoms with E-state index >= 15 is 0 Å². The molecule has 1 atom stereocenters. The molecule has 1 aromatic rings. The predicted molar refractivity (Wildman–Crippen MR) is 76.4 cm³/mol. The summed E-state index contributed by atoms with van der Waals surface area (Å²) in [5, 5.41) is 3.47. The van der Waals surface area contributed by atoms with E-state index in [1.807, 2.05) is 0 Å². The largest absolute Gasteiger partial charge is 0.309 e. The Balaban J connectivity index is 2.04. The SMILES string of the molecule is CCCNC(CC1CCCCC1)c1ncccc1F. The van der Waals surface area contributed by atoms with Gasteiger partial charge in [-0.1, -0.05) is 39.0 Å². The molecule has 2 rings (SSSR count). The molecular formula is C16H25FN2. The van der Waals surface area contributed by atoms with E-state index < -0.39 is 0 Å². The zero-order valence-corrected chi connectivity index (χ0v) is 11.9. The van der Waals surface area contributed by atoms with Gasteiger partial charge >= 0.3 is 0 Å². The first-order chi connectivity index (χ1) is 9.31. The first-order valence-electron chi connectivity index (χ1n) is 7.65. The van der Waals surface area contributed by atoms with Gasteiger partial charge in [0.25, 0.3) is 0 Å².